The highest BCUT2D eigenvalue weighted by atomic mass is 16.5. The topological polar surface area (TPSA) is 52.9 Å². The Labute approximate surface area is 184 Å². The maximum absolute atomic E-state index is 13.4. The quantitative estimate of drug-likeness (QED) is 0.493. The van der Waals surface area contributed by atoms with Gasteiger partial charge in [-0.3, -0.25) is 4.79 Å². The Bertz CT molecular complexity index is 995. The number of benzene rings is 2. The molecule has 0 saturated heterocycles. The van der Waals surface area contributed by atoms with E-state index in [4.69, 9.17) is 14.2 Å². The van der Waals surface area contributed by atoms with Gasteiger partial charge in [-0.2, -0.15) is 0 Å². The number of aromatic nitrogens is 1. The van der Waals surface area contributed by atoms with E-state index in [0.717, 1.165) is 12.2 Å². The van der Waals surface area contributed by atoms with E-state index in [1.807, 2.05) is 18.3 Å². The molecular formula is C25H30N2O4. The minimum atomic E-state index is -0.111. The minimum Gasteiger partial charge on any atom is -0.497 e. The number of hydrogen-bond donors (Lipinski definition) is 0. The molecule has 0 saturated carbocycles. The number of ether oxygens (including phenoxy) is 3. The molecular weight excluding hydrogens is 392 g/mol. The molecule has 1 heterocycles. The molecule has 3 rings (SSSR count). The zero-order valence-electron chi connectivity index (χ0n) is 18.6. The monoisotopic (exact) mass is 422 g/mol. The minimum absolute atomic E-state index is 0.111. The Morgan fingerprint density at radius 3 is 2.45 bits per heavy atom. The first kappa shape index (κ1) is 22.4. The maximum Gasteiger partial charge on any atom is 0.258 e. The predicted molar refractivity (Wildman–Crippen MR) is 121 cm³/mol. The zero-order chi connectivity index (χ0) is 22.2. The van der Waals surface area contributed by atoms with Crippen LogP contribution >= 0.6 is 0 Å². The van der Waals surface area contributed by atoms with Crippen LogP contribution < -0.4 is 9.47 Å². The molecule has 0 radical (unpaired) electrons. The highest BCUT2D eigenvalue weighted by molar-refractivity contribution is 5.97. The second-order valence-electron chi connectivity index (χ2n) is 7.40. The van der Waals surface area contributed by atoms with E-state index >= 15 is 0 Å². The van der Waals surface area contributed by atoms with E-state index in [9.17, 15) is 4.79 Å². The highest BCUT2D eigenvalue weighted by Gasteiger charge is 2.21. The molecule has 0 unspecified atom stereocenters. The molecule has 31 heavy (non-hydrogen) atoms. The van der Waals surface area contributed by atoms with E-state index < -0.39 is 0 Å². The van der Waals surface area contributed by atoms with Gasteiger partial charge in [0.05, 0.1) is 32.9 Å². The number of carbonyl (C=O) groups excluding carboxylic acids is 1. The summed E-state index contributed by atoms with van der Waals surface area (Å²) in [5, 5.41) is 0. The molecule has 0 bridgehead atoms. The van der Waals surface area contributed by atoms with E-state index in [-0.39, 0.29) is 5.91 Å². The smallest absolute Gasteiger partial charge is 0.258 e. The fraction of sp³-hybridized carbons (Fsp3) is 0.320. The molecule has 0 aliphatic rings. The molecule has 2 aromatic carbocycles. The Balaban J connectivity index is 1.83. The molecule has 0 N–H and O–H groups in total. The summed E-state index contributed by atoms with van der Waals surface area (Å²) < 4.78 is 18.1. The van der Waals surface area contributed by atoms with Crippen molar-refractivity contribution in [1.82, 2.24) is 9.47 Å². The van der Waals surface area contributed by atoms with Crippen LogP contribution in [0.4, 0.5) is 0 Å². The van der Waals surface area contributed by atoms with Gasteiger partial charge in [0.1, 0.15) is 11.5 Å². The summed E-state index contributed by atoms with van der Waals surface area (Å²) in [7, 11) is 4.78. The Hall–Kier alpha value is -3.25. The molecule has 0 aliphatic heterocycles. The largest absolute Gasteiger partial charge is 0.497 e. The van der Waals surface area contributed by atoms with Crippen molar-refractivity contribution in [3.05, 3.63) is 83.2 Å². The summed E-state index contributed by atoms with van der Waals surface area (Å²) in [6.07, 6.45) is 2.04. The first-order valence-corrected chi connectivity index (χ1v) is 10.3. The number of methoxy groups -OCH3 is 3. The van der Waals surface area contributed by atoms with Crippen LogP contribution in [0.3, 0.4) is 0 Å². The fourth-order valence-electron chi connectivity index (χ4n) is 3.43. The summed E-state index contributed by atoms with van der Waals surface area (Å²) in [4.78, 5) is 15.2. The van der Waals surface area contributed by atoms with Gasteiger partial charge in [0.15, 0.2) is 0 Å². The van der Waals surface area contributed by atoms with Crippen molar-refractivity contribution in [3.8, 4) is 11.5 Å². The van der Waals surface area contributed by atoms with E-state index in [2.05, 4.69) is 35.8 Å². The third-order valence-electron chi connectivity index (χ3n) is 5.24. The number of rotatable bonds is 10. The number of aryl methyl sites for hydroxylation is 1. The van der Waals surface area contributed by atoms with Gasteiger partial charge in [0.2, 0.25) is 0 Å². The van der Waals surface area contributed by atoms with Crippen molar-refractivity contribution in [3.63, 3.8) is 0 Å². The molecule has 0 atom stereocenters. The maximum atomic E-state index is 13.4. The summed E-state index contributed by atoms with van der Waals surface area (Å²) in [5.41, 5.74) is 4.00. The van der Waals surface area contributed by atoms with Crippen LogP contribution in [0.5, 0.6) is 11.5 Å². The van der Waals surface area contributed by atoms with Crippen LogP contribution in [0.25, 0.3) is 0 Å². The normalized spacial score (nSPS) is 10.7. The van der Waals surface area contributed by atoms with Gasteiger partial charge >= 0.3 is 0 Å². The van der Waals surface area contributed by atoms with Crippen molar-refractivity contribution in [1.29, 1.82) is 0 Å². The Morgan fingerprint density at radius 1 is 1.00 bits per heavy atom. The lowest BCUT2D eigenvalue weighted by Crippen LogP contribution is -2.34. The van der Waals surface area contributed by atoms with Crippen LogP contribution in [-0.2, 0) is 17.8 Å². The summed E-state index contributed by atoms with van der Waals surface area (Å²) >= 11 is 0. The van der Waals surface area contributed by atoms with Crippen molar-refractivity contribution < 1.29 is 19.0 Å². The molecule has 164 valence electrons. The van der Waals surface area contributed by atoms with Crippen LogP contribution in [0.2, 0.25) is 0 Å². The van der Waals surface area contributed by atoms with Gasteiger partial charge in [-0.1, -0.05) is 29.8 Å². The molecule has 1 amide bonds. The fourth-order valence-corrected chi connectivity index (χ4v) is 3.43. The Kier molecular flexibility index (Phi) is 7.73. The van der Waals surface area contributed by atoms with Crippen LogP contribution in [0, 0.1) is 6.92 Å². The molecule has 6 nitrogen and oxygen atoms in total. The average Bonchev–Trinajstić information content (AvgIpc) is 3.23. The molecule has 0 spiro atoms. The van der Waals surface area contributed by atoms with Gasteiger partial charge in [0.25, 0.3) is 5.91 Å². The molecule has 3 aromatic rings. The summed E-state index contributed by atoms with van der Waals surface area (Å²) in [5.74, 6) is 1.02. The zero-order valence-corrected chi connectivity index (χ0v) is 18.6. The molecule has 1 aromatic heterocycles. The summed E-state index contributed by atoms with van der Waals surface area (Å²) in [6.45, 7) is 4.22. The number of amides is 1. The van der Waals surface area contributed by atoms with Gasteiger partial charge in [-0.25, -0.2) is 0 Å². The van der Waals surface area contributed by atoms with Crippen molar-refractivity contribution >= 4 is 5.91 Å². The number of nitrogens with zero attached hydrogens (tertiary/aromatic N) is 2. The second kappa shape index (κ2) is 10.7. The number of carbonyl (C=O) groups is 1. The van der Waals surface area contributed by atoms with Gasteiger partial charge in [-0.15, -0.1) is 0 Å². The SMILES string of the molecule is COCCN(Cc1cccn1Cc1ccc(C)cc1)C(=O)c1ccc(OC)cc1OC. The first-order chi connectivity index (χ1) is 15.0. The van der Waals surface area contributed by atoms with Crippen LogP contribution in [0.15, 0.2) is 60.8 Å². The van der Waals surface area contributed by atoms with E-state index in [1.54, 1.807) is 44.4 Å². The summed E-state index contributed by atoms with van der Waals surface area (Å²) in [6, 6.07) is 17.8. The van der Waals surface area contributed by atoms with Gasteiger partial charge in [-0.05, 0) is 36.8 Å². The van der Waals surface area contributed by atoms with Crippen molar-refractivity contribution in [2.75, 3.05) is 34.5 Å². The van der Waals surface area contributed by atoms with E-state index in [0.29, 0.717) is 36.8 Å². The highest BCUT2D eigenvalue weighted by Crippen LogP contribution is 2.26. The third-order valence-corrected chi connectivity index (χ3v) is 5.24. The van der Waals surface area contributed by atoms with Crippen LogP contribution in [0.1, 0.15) is 27.2 Å². The second-order valence-corrected chi connectivity index (χ2v) is 7.40. The lowest BCUT2D eigenvalue weighted by Gasteiger charge is -2.24. The predicted octanol–water partition coefficient (Wildman–Crippen LogP) is 4.15. The third kappa shape index (κ3) is 5.67. The standard InChI is InChI=1S/C25H30N2O4/c1-19-7-9-20(10-8-19)17-26-13-5-6-21(26)18-27(14-15-29-2)25(28)23-12-11-22(30-3)16-24(23)31-4/h5-13,16H,14-15,17-18H2,1-4H3. The van der Waals surface area contributed by atoms with Gasteiger partial charge in [0, 0.05) is 38.2 Å². The lowest BCUT2D eigenvalue weighted by atomic mass is 10.1. The van der Waals surface area contributed by atoms with Crippen molar-refractivity contribution in [2.24, 2.45) is 0 Å². The van der Waals surface area contributed by atoms with Crippen molar-refractivity contribution in [2.45, 2.75) is 20.0 Å². The Morgan fingerprint density at radius 2 is 1.77 bits per heavy atom. The lowest BCUT2D eigenvalue weighted by molar-refractivity contribution is 0.0672. The average molecular weight is 423 g/mol. The first-order valence-electron chi connectivity index (χ1n) is 10.3. The molecule has 0 fully saturated rings. The molecule has 0 aliphatic carbocycles. The van der Waals surface area contributed by atoms with Crippen LogP contribution in [-0.4, -0.2) is 49.9 Å². The molecule has 6 heteroatoms. The number of hydrogen-bond acceptors (Lipinski definition) is 4. The van der Waals surface area contributed by atoms with E-state index in [1.165, 1.54) is 11.1 Å². The van der Waals surface area contributed by atoms with Gasteiger partial charge < -0.3 is 23.7 Å².